The van der Waals surface area contributed by atoms with Gasteiger partial charge in [-0.3, -0.25) is 4.79 Å². The van der Waals surface area contributed by atoms with Gasteiger partial charge in [0.1, 0.15) is 0 Å². The third-order valence-corrected chi connectivity index (χ3v) is 3.27. The Morgan fingerprint density at radius 3 is 2.20 bits per heavy atom. The molecule has 3 nitrogen and oxygen atoms in total. The molecule has 0 aromatic heterocycles. The van der Waals surface area contributed by atoms with Crippen molar-refractivity contribution >= 4 is 27.9 Å². The lowest BCUT2D eigenvalue weighted by Gasteiger charge is -2.07. The Bertz CT molecular complexity index is 783. The first-order valence-electron chi connectivity index (χ1n) is 6.33. The second-order valence-electron chi connectivity index (χ2n) is 4.74. The average molecular weight is 262 g/mol. The van der Waals surface area contributed by atoms with Gasteiger partial charge in [0.15, 0.2) is 5.78 Å². The minimum absolute atomic E-state index is 0.0687. The van der Waals surface area contributed by atoms with E-state index in [4.69, 9.17) is 11.5 Å². The summed E-state index contributed by atoms with van der Waals surface area (Å²) in [5.41, 5.74) is 13.7. The molecule has 0 fully saturated rings. The maximum atomic E-state index is 12.7. The highest BCUT2D eigenvalue weighted by Gasteiger charge is 2.13. The number of rotatable bonds is 2. The Morgan fingerprint density at radius 2 is 1.45 bits per heavy atom. The molecule has 3 rings (SSSR count). The molecule has 0 unspecified atom stereocenters. The lowest BCUT2D eigenvalue weighted by molar-refractivity contribution is 0.104. The molecular formula is C17H14N2O. The molecule has 0 aliphatic rings. The minimum atomic E-state index is -0.0687. The SMILES string of the molecule is Nc1cc(N)cc(C(=O)c2cccc3ccccc23)c1. The average Bonchev–Trinajstić information content (AvgIpc) is 2.45. The van der Waals surface area contributed by atoms with E-state index in [1.807, 2.05) is 42.5 Å². The van der Waals surface area contributed by atoms with Crippen LogP contribution in [0.5, 0.6) is 0 Å². The van der Waals surface area contributed by atoms with E-state index in [1.54, 1.807) is 18.2 Å². The summed E-state index contributed by atoms with van der Waals surface area (Å²) in [6, 6.07) is 18.4. The zero-order valence-corrected chi connectivity index (χ0v) is 10.8. The molecule has 0 bridgehead atoms. The molecule has 3 aromatic carbocycles. The number of nitrogens with two attached hydrogens (primary N) is 2. The van der Waals surface area contributed by atoms with Crippen LogP contribution < -0.4 is 11.5 Å². The summed E-state index contributed by atoms with van der Waals surface area (Å²) in [6.45, 7) is 0. The highest BCUT2D eigenvalue weighted by Crippen LogP contribution is 2.23. The molecule has 0 saturated heterocycles. The number of ketones is 1. The normalized spacial score (nSPS) is 10.6. The molecule has 0 saturated carbocycles. The largest absolute Gasteiger partial charge is 0.399 e. The lowest BCUT2D eigenvalue weighted by Crippen LogP contribution is -2.04. The summed E-state index contributed by atoms with van der Waals surface area (Å²) in [5, 5.41) is 1.97. The number of carbonyl (C=O) groups excluding carboxylic acids is 1. The number of anilines is 2. The van der Waals surface area contributed by atoms with Gasteiger partial charge in [-0.2, -0.15) is 0 Å². The van der Waals surface area contributed by atoms with Crippen molar-refractivity contribution in [2.75, 3.05) is 11.5 Å². The fourth-order valence-corrected chi connectivity index (χ4v) is 2.39. The van der Waals surface area contributed by atoms with E-state index in [1.165, 1.54) is 0 Å². The van der Waals surface area contributed by atoms with Crippen molar-refractivity contribution in [2.24, 2.45) is 0 Å². The summed E-state index contributed by atoms with van der Waals surface area (Å²) < 4.78 is 0. The highest BCUT2D eigenvalue weighted by atomic mass is 16.1. The Balaban J connectivity index is 2.17. The van der Waals surface area contributed by atoms with Crippen molar-refractivity contribution < 1.29 is 4.79 Å². The lowest BCUT2D eigenvalue weighted by atomic mass is 9.97. The predicted octanol–water partition coefficient (Wildman–Crippen LogP) is 3.24. The van der Waals surface area contributed by atoms with Gasteiger partial charge >= 0.3 is 0 Å². The van der Waals surface area contributed by atoms with Crippen LogP contribution in [0, 0.1) is 0 Å². The zero-order chi connectivity index (χ0) is 14.1. The van der Waals surface area contributed by atoms with Crippen LogP contribution in [0.25, 0.3) is 10.8 Å². The van der Waals surface area contributed by atoms with Gasteiger partial charge in [-0.15, -0.1) is 0 Å². The van der Waals surface area contributed by atoms with Crippen LogP contribution in [0.4, 0.5) is 11.4 Å². The van der Waals surface area contributed by atoms with Crippen LogP contribution in [0.15, 0.2) is 60.7 Å². The molecule has 0 atom stereocenters. The molecule has 0 aliphatic heterocycles. The highest BCUT2D eigenvalue weighted by molar-refractivity contribution is 6.16. The molecule has 0 radical (unpaired) electrons. The number of fused-ring (bicyclic) bond motifs is 1. The smallest absolute Gasteiger partial charge is 0.193 e. The Kier molecular flexibility index (Phi) is 2.88. The maximum absolute atomic E-state index is 12.7. The van der Waals surface area contributed by atoms with Crippen LogP contribution in [-0.2, 0) is 0 Å². The Hall–Kier alpha value is -2.81. The van der Waals surface area contributed by atoms with Gasteiger partial charge in [-0.1, -0.05) is 42.5 Å². The molecule has 3 aromatic rings. The van der Waals surface area contributed by atoms with Crippen LogP contribution in [-0.4, -0.2) is 5.78 Å². The second-order valence-corrected chi connectivity index (χ2v) is 4.74. The predicted molar refractivity (Wildman–Crippen MR) is 82.6 cm³/mol. The summed E-state index contributed by atoms with van der Waals surface area (Å²) in [4.78, 5) is 12.7. The Morgan fingerprint density at radius 1 is 0.800 bits per heavy atom. The number of hydrogen-bond acceptors (Lipinski definition) is 3. The van der Waals surface area contributed by atoms with Crippen LogP contribution in [0.2, 0.25) is 0 Å². The molecule has 0 aliphatic carbocycles. The second kappa shape index (κ2) is 4.70. The standard InChI is InChI=1S/C17H14N2O/c18-13-8-12(9-14(19)10-13)17(20)16-7-3-5-11-4-1-2-6-15(11)16/h1-10H,18-19H2. The molecule has 0 spiro atoms. The molecule has 20 heavy (non-hydrogen) atoms. The van der Waals surface area contributed by atoms with Gasteiger partial charge in [-0.05, 0) is 29.0 Å². The van der Waals surface area contributed by atoms with Crippen molar-refractivity contribution in [3.05, 3.63) is 71.8 Å². The van der Waals surface area contributed by atoms with Gasteiger partial charge in [0.25, 0.3) is 0 Å². The first-order chi connectivity index (χ1) is 9.65. The number of benzene rings is 3. The fraction of sp³-hybridized carbons (Fsp3) is 0. The van der Waals surface area contributed by atoms with Gasteiger partial charge in [0, 0.05) is 22.5 Å². The number of nitrogen functional groups attached to an aromatic ring is 2. The monoisotopic (exact) mass is 262 g/mol. The summed E-state index contributed by atoms with van der Waals surface area (Å²) >= 11 is 0. The fourth-order valence-electron chi connectivity index (χ4n) is 2.39. The van der Waals surface area contributed by atoms with E-state index in [2.05, 4.69) is 0 Å². The number of hydrogen-bond donors (Lipinski definition) is 2. The summed E-state index contributed by atoms with van der Waals surface area (Å²) in [7, 11) is 0. The van der Waals surface area contributed by atoms with Crippen LogP contribution in [0.3, 0.4) is 0 Å². The van der Waals surface area contributed by atoms with Gasteiger partial charge < -0.3 is 11.5 Å². The van der Waals surface area contributed by atoms with Crippen LogP contribution in [0.1, 0.15) is 15.9 Å². The number of carbonyl (C=O) groups is 1. The molecular weight excluding hydrogens is 248 g/mol. The van der Waals surface area contributed by atoms with Crippen LogP contribution >= 0.6 is 0 Å². The zero-order valence-electron chi connectivity index (χ0n) is 10.8. The first kappa shape index (κ1) is 12.2. The van der Waals surface area contributed by atoms with E-state index >= 15 is 0 Å². The quantitative estimate of drug-likeness (QED) is 0.550. The molecule has 0 amide bonds. The van der Waals surface area contributed by atoms with Crippen molar-refractivity contribution in [3.8, 4) is 0 Å². The maximum Gasteiger partial charge on any atom is 0.193 e. The van der Waals surface area contributed by atoms with E-state index < -0.39 is 0 Å². The van der Waals surface area contributed by atoms with Crippen molar-refractivity contribution in [3.63, 3.8) is 0 Å². The van der Waals surface area contributed by atoms with E-state index in [0.29, 0.717) is 22.5 Å². The van der Waals surface area contributed by atoms with Crippen molar-refractivity contribution in [1.82, 2.24) is 0 Å². The van der Waals surface area contributed by atoms with Gasteiger partial charge in [-0.25, -0.2) is 0 Å². The summed E-state index contributed by atoms with van der Waals surface area (Å²) in [5.74, 6) is -0.0687. The molecule has 3 heteroatoms. The third kappa shape index (κ3) is 2.10. The Labute approximate surface area is 116 Å². The van der Waals surface area contributed by atoms with E-state index in [0.717, 1.165) is 10.8 Å². The summed E-state index contributed by atoms with van der Waals surface area (Å²) in [6.07, 6.45) is 0. The topological polar surface area (TPSA) is 69.1 Å². The first-order valence-corrected chi connectivity index (χ1v) is 6.33. The van der Waals surface area contributed by atoms with Gasteiger partial charge in [0.05, 0.1) is 0 Å². The van der Waals surface area contributed by atoms with E-state index in [-0.39, 0.29) is 5.78 Å². The molecule has 4 N–H and O–H groups in total. The third-order valence-electron chi connectivity index (χ3n) is 3.27. The van der Waals surface area contributed by atoms with Crippen molar-refractivity contribution in [2.45, 2.75) is 0 Å². The molecule has 0 heterocycles. The van der Waals surface area contributed by atoms with Crippen molar-refractivity contribution in [1.29, 1.82) is 0 Å². The van der Waals surface area contributed by atoms with E-state index in [9.17, 15) is 4.79 Å². The van der Waals surface area contributed by atoms with Gasteiger partial charge in [0.2, 0.25) is 0 Å². The minimum Gasteiger partial charge on any atom is -0.399 e. The molecule has 98 valence electrons.